The zero-order valence-corrected chi connectivity index (χ0v) is 15.9. The van der Waals surface area contributed by atoms with Crippen LogP contribution in [0.2, 0.25) is 0 Å². The summed E-state index contributed by atoms with van der Waals surface area (Å²) in [6.07, 6.45) is 0.933. The van der Waals surface area contributed by atoms with Gasteiger partial charge in [-0.3, -0.25) is 14.9 Å². The van der Waals surface area contributed by atoms with Crippen LogP contribution in [0.1, 0.15) is 32.8 Å². The van der Waals surface area contributed by atoms with Gasteiger partial charge >= 0.3 is 0 Å². The first kappa shape index (κ1) is 21.8. The topological polar surface area (TPSA) is 98.3 Å². The van der Waals surface area contributed by atoms with E-state index in [4.69, 9.17) is 5.73 Å². The van der Waals surface area contributed by atoms with Crippen LogP contribution in [0, 0.1) is 16.0 Å². The van der Waals surface area contributed by atoms with E-state index < -0.39 is 10.5 Å². The number of nitro benzene ring substituents is 1. The molecule has 0 heterocycles. The average molecular weight is 409 g/mol. The van der Waals surface area contributed by atoms with Crippen LogP contribution in [0.15, 0.2) is 22.7 Å². The lowest BCUT2D eigenvalue weighted by Gasteiger charge is -2.31. The smallest absolute Gasteiger partial charge is 0.270 e. The SMILES string of the molecule is CC(C)CC(C)(CN)NC(=O)Cc1ccc([N+](=O)[O-])cc1Br.Cl. The zero-order valence-electron chi connectivity index (χ0n) is 13.5. The summed E-state index contributed by atoms with van der Waals surface area (Å²) in [6, 6.07) is 4.38. The second-order valence-corrected chi connectivity index (χ2v) is 6.97. The minimum Gasteiger partial charge on any atom is -0.349 e. The van der Waals surface area contributed by atoms with E-state index in [1.54, 1.807) is 6.07 Å². The number of rotatable bonds is 7. The van der Waals surface area contributed by atoms with Crippen molar-refractivity contribution in [1.29, 1.82) is 0 Å². The molecule has 1 unspecified atom stereocenters. The van der Waals surface area contributed by atoms with Gasteiger partial charge < -0.3 is 11.1 Å². The van der Waals surface area contributed by atoms with Crippen LogP contribution < -0.4 is 11.1 Å². The normalized spacial score (nSPS) is 13.1. The largest absolute Gasteiger partial charge is 0.349 e. The summed E-state index contributed by atoms with van der Waals surface area (Å²) in [7, 11) is 0. The molecule has 0 spiro atoms. The number of hydrogen-bond acceptors (Lipinski definition) is 4. The van der Waals surface area contributed by atoms with Gasteiger partial charge in [0.2, 0.25) is 5.91 Å². The van der Waals surface area contributed by atoms with Crippen molar-refractivity contribution in [2.75, 3.05) is 6.54 Å². The molecule has 130 valence electrons. The Bertz CT molecular complexity index is 569. The van der Waals surface area contributed by atoms with Crippen molar-refractivity contribution in [3.8, 4) is 0 Å². The molecular weight excluding hydrogens is 386 g/mol. The monoisotopic (exact) mass is 407 g/mol. The molecule has 0 aliphatic carbocycles. The highest BCUT2D eigenvalue weighted by atomic mass is 79.9. The lowest BCUT2D eigenvalue weighted by atomic mass is 9.90. The van der Waals surface area contributed by atoms with E-state index in [0.717, 1.165) is 6.42 Å². The number of nitrogens with one attached hydrogen (secondary N) is 1. The zero-order chi connectivity index (χ0) is 16.9. The first-order chi connectivity index (χ1) is 10.2. The highest BCUT2D eigenvalue weighted by molar-refractivity contribution is 9.10. The molecule has 0 aliphatic heterocycles. The summed E-state index contributed by atoms with van der Waals surface area (Å²) in [5.41, 5.74) is 6.02. The quantitative estimate of drug-likeness (QED) is 0.534. The third kappa shape index (κ3) is 6.85. The average Bonchev–Trinajstić information content (AvgIpc) is 2.39. The number of nitrogens with zero attached hydrogens (tertiary/aromatic N) is 1. The van der Waals surface area contributed by atoms with Gasteiger partial charge in [0, 0.05) is 28.7 Å². The Morgan fingerprint density at radius 1 is 1.48 bits per heavy atom. The van der Waals surface area contributed by atoms with Crippen molar-refractivity contribution in [2.24, 2.45) is 11.7 Å². The van der Waals surface area contributed by atoms with Crippen LogP contribution in [0.3, 0.4) is 0 Å². The molecule has 8 heteroatoms. The Morgan fingerprint density at radius 2 is 2.09 bits per heavy atom. The van der Waals surface area contributed by atoms with Gasteiger partial charge in [0.15, 0.2) is 0 Å². The fourth-order valence-electron chi connectivity index (χ4n) is 2.43. The van der Waals surface area contributed by atoms with E-state index in [-0.39, 0.29) is 30.4 Å². The van der Waals surface area contributed by atoms with Crippen LogP contribution in [-0.4, -0.2) is 22.9 Å². The van der Waals surface area contributed by atoms with Gasteiger partial charge in [-0.2, -0.15) is 0 Å². The van der Waals surface area contributed by atoms with Crippen LogP contribution in [0.5, 0.6) is 0 Å². The molecule has 3 N–H and O–H groups in total. The van der Waals surface area contributed by atoms with Gasteiger partial charge in [-0.05, 0) is 24.8 Å². The Kier molecular flexibility index (Phi) is 8.73. The molecule has 1 amide bonds. The summed E-state index contributed by atoms with van der Waals surface area (Å²) in [5, 5.41) is 13.7. The van der Waals surface area contributed by atoms with Crippen molar-refractivity contribution in [3.63, 3.8) is 0 Å². The van der Waals surface area contributed by atoms with E-state index >= 15 is 0 Å². The molecule has 1 aromatic carbocycles. The summed E-state index contributed by atoms with van der Waals surface area (Å²) < 4.78 is 0.551. The Morgan fingerprint density at radius 3 is 2.52 bits per heavy atom. The van der Waals surface area contributed by atoms with E-state index in [1.807, 2.05) is 6.92 Å². The fraction of sp³-hybridized carbons (Fsp3) is 0.533. The highest BCUT2D eigenvalue weighted by Gasteiger charge is 2.26. The van der Waals surface area contributed by atoms with E-state index in [2.05, 4.69) is 35.1 Å². The minimum absolute atomic E-state index is 0. The lowest BCUT2D eigenvalue weighted by molar-refractivity contribution is -0.384. The lowest BCUT2D eigenvalue weighted by Crippen LogP contribution is -2.52. The number of nitrogens with two attached hydrogens (primary N) is 1. The van der Waals surface area contributed by atoms with Gasteiger partial charge in [0.1, 0.15) is 0 Å². The molecular formula is C15H23BrClN3O3. The van der Waals surface area contributed by atoms with Gasteiger partial charge in [-0.15, -0.1) is 12.4 Å². The standard InChI is InChI=1S/C15H22BrN3O3.ClH/c1-10(2)8-15(3,9-17)18-14(20)6-11-4-5-12(19(21)22)7-13(11)16;/h4-5,7,10H,6,8-9,17H2,1-3H3,(H,18,20);1H. The van der Waals surface area contributed by atoms with Gasteiger partial charge in [0.05, 0.1) is 11.3 Å². The Hall–Kier alpha value is -1.18. The van der Waals surface area contributed by atoms with Gasteiger partial charge in [0.25, 0.3) is 5.69 Å². The van der Waals surface area contributed by atoms with E-state index in [9.17, 15) is 14.9 Å². The molecule has 0 fully saturated rings. The van der Waals surface area contributed by atoms with Crippen LogP contribution in [0.4, 0.5) is 5.69 Å². The summed E-state index contributed by atoms with van der Waals surface area (Å²) >= 11 is 3.27. The van der Waals surface area contributed by atoms with Crippen LogP contribution in [0.25, 0.3) is 0 Å². The first-order valence-electron chi connectivity index (χ1n) is 7.11. The maximum atomic E-state index is 12.2. The van der Waals surface area contributed by atoms with Crippen molar-refractivity contribution in [1.82, 2.24) is 5.32 Å². The number of amides is 1. The minimum atomic E-state index is -0.470. The van der Waals surface area contributed by atoms with Crippen molar-refractivity contribution >= 4 is 39.9 Å². The molecule has 0 saturated carbocycles. The molecule has 0 saturated heterocycles. The number of halogens is 2. The molecule has 0 bridgehead atoms. The molecule has 1 rings (SSSR count). The molecule has 0 aliphatic rings. The third-order valence-electron chi connectivity index (χ3n) is 3.35. The number of nitro groups is 1. The summed E-state index contributed by atoms with van der Waals surface area (Å²) in [5.74, 6) is 0.267. The van der Waals surface area contributed by atoms with Gasteiger partial charge in [-0.25, -0.2) is 0 Å². The molecule has 0 aromatic heterocycles. The van der Waals surface area contributed by atoms with Crippen LogP contribution in [-0.2, 0) is 11.2 Å². The van der Waals surface area contributed by atoms with Crippen molar-refractivity contribution in [3.05, 3.63) is 38.3 Å². The second-order valence-electron chi connectivity index (χ2n) is 6.12. The number of carbonyl (C=O) groups is 1. The number of hydrogen-bond donors (Lipinski definition) is 2. The predicted octanol–water partition coefficient (Wildman–Crippen LogP) is 3.20. The first-order valence-corrected chi connectivity index (χ1v) is 7.90. The molecule has 1 atom stereocenters. The number of carbonyl (C=O) groups excluding carboxylic acids is 1. The highest BCUT2D eigenvalue weighted by Crippen LogP contribution is 2.24. The fourth-order valence-corrected chi connectivity index (χ4v) is 2.94. The second kappa shape index (κ2) is 9.20. The third-order valence-corrected chi connectivity index (χ3v) is 4.09. The number of benzene rings is 1. The van der Waals surface area contributed by atoms with Crippen molar-refractivity contribution < 1.29 is 9.72 Å². The maximum absolute atomic E-state index is 12.2. The van der Waals surface area contributed by atoms with E-state index in [0.29, 0.717) is 22.5 Å². The van der Waals surface area contributed by atoms with Crippen molar-refractivity contribution in [2.45, 2.75) is 39.2 Å². The Labute approximate surface area is 150 Å². The predicted molar refractivity (Wildman–Crippen MR) is 96.8 cm³/mol. The van der Waals surface area contributed by atoms with E-state index in [1.165, 1.54) is 12.1 Å². The maximum Gasteiger partial charge on any atom is 0.270 e. The summed E-state index contributed by atoms with van der Waals surface area (Å²) in [6.45, 7) is 6.44. The molecule has 0 radical (unpaired) electrons. The number of non-ortho nitro benzene ring substituents is 1. The Balaban J connectivity index is 0.00000484. The molecule has 23 heavy (non-hydrogen) atoms. The molecule has 6 nitrogen and oxygen atoms in total. The summed E-state index contributed by atoms with van der Waals surface area (Å²) in [4.78, 5) is 22.5. The van der Waals surface area contributed by atoms with Crippen LogP contribution >= 0.6 is 28.3 Å². The molecule has 1 aromatic rings. The van der Waals surface area contributed by atoms with Gasteiger partial charge in [-0.1, -0.05) is 35.8 Å².